The number of aromatic nitrogens is 2. The molecule has 0 fully saturated rings. The van der Waals surface area contributed by atoms with Gasteiger partial charge in [-0.25, -0.2) is 0 Å². The van der Waals surface area contributed by atoms with Crippen LogP contribution in [0.25, 0.3) is 66.9 Å². The van der Waals surface area contributed by atoms with E-state index in [2.05, 4.69) is 147 Å². The van der Waals surface area contributed by atoms with Gasteiger partial charge in [0.1, 0.15) is 0 Å². The maximum atomic E-state index is 4.80. The van der Waals surface area contributed by atoms with Gasteiger partial charge in [-0.05, 0) is 80.9 Å². The van der Waals surface area contributed by atoms with Gasteiger partial charge in [0.2, 0.25) is 0 Å². The predicted octanol–water partition coefficient (Wildman–Crippen LogP) is 10.9. The molecule has 0 atom stereocenters. The lowest BCUT2D eigenvalue weighted by Crippen LogP contribution is -2.20. The Bertz CT molecular complexity index is 2510. The van der Waals surface area contributed by atoms with Crippen LogP contribution in [0.3, 0.4) is 0 Å². The number of nitrogens with zero attached hydrogens (tertiary/aromatic N) is 2. The first-order chi connectivity index (χ1) is 22.8. The fourth-order valence-electron chi connectivity index (χ4n) is 8.94. The van der Waals surface area contributed by atoms with E-state index in [-0.39, 0.29) is 10.8 Å². The molecule has 3 nitrogen and oxygen atoms in total. The summed E-state index contributed by atoms with van der Waals surface area (Å²) < 4.78 is 2.56. The minimum atomic E-state index is -0.152. The lowest BCUT2D eigenvalue weighted by Gasteiger charge is -2.25. The molecule has 0 amide bonds. The molecule has 5 aromatic carbocycles. The van der Waals surface area contributed by atoms with Gasteiger partial charge in [-0.1, -0.05) is 107 Å². The lowest BCUT2D eigenvalue weighted by molar-refractivity contribution is 0.623. The topological polar surface area (TPSA) is 29.9 Å². The highest BCUT2D eigenvalue weighted by atomic mass is 15.0. The fraction of sp³-hybridized carbons (Fsp3) is 0.159. The SMILES string of the molecule is CC1(C)c2ccccc2-c2cc3c4c(n(-c5ccc(-c6cc7c(c8ncccc68)NCC=C7)cc5)c3cc21)C(C)(C)c1ccccc1-4. The zero-order valence-electron chi connectivity index (χ0n) is 27.1. The molecule has 7 aromatic rings. The van der Waals surface area contributed by atoms with Gasteiger partial charge in [0, 0.05) is 56.9 Å². The van der Waals surface area contributed by atoms with E-state index in [1.54, 1.807) is 0 Å². The van der Waals surface area contributed by atoms with Crippen LogP contribution in [0.2, 0.25) is 0 Å². The molecule has 0 saturated carbocycles. The average molecular weight is 606 g/mol. The number of nitrogens with one attached hydrogen (secondary N) is 1. The first-order valence-electron chi connectivity index (χ1n) is 16.7. The number of hydrogen-bond acceptors (Lipinski definition) is 2. The van der Waals surface area contributed by atoms with E-state index in [1.165, 1.54) is 83.3 Å². The maximum absolute atomic E-state index is 4.80. The zero-order valence-corrected chi connectivity index (χ0v) is 27.1. The molecule has 0 spiro atoms. The van der Waals surface area contributed by atoms with Crippen molar-refractivity contribution >= 4 is 33.6 Å². The average Bonchev–Trinajstić information content (AvgIpc) is 3.65. The Morgan fingerprint density at radius 3 is 2.21 bits per heavy atom. The van der Waals surface area contributed by atoms with Crippen LogP contribution in [0.5, 0.6) is 0 Å². The van der Waals surface area contributed by atoms with Gasteiger partial charge >= 0.3 is 0 Å². The van der Waals surface area contributed by atoms with E-state index in [4.69, 9.17) is 4.98 Å². The van der Waals surface area contributed by atoms with Crippen molar-refractivity contribution in [2.24, 2.45) is 0 Å². The Balaban J connectivity index is 1.22. The molecule has 47 heavy (non-hydrogen) atoms. The van der Waals surface area contributed by atoms with Gasteiger partial charge in [0.05, 0.1) is 16.7 Å². The molecule has 1 aliphatic heterocycles. The molecule has 2 aromatic heterocycles. The first kappa shape index (κ1) is 26.8. The molecule has 2 aliphatic carbocycles. The summed E-state index contributed by atoms with van der Waals surface area (Å²) in [6, 6.07) is 38.7. The van der Waals surface area contributed by atoms with Crippen molar-refractivity contribution in [3.05, 3.63) is 143 Å². The Hall–Kier alpha value is -5.41. The minimum Gasteiger partial charge on any atom is -0.379 e. The third-order valence-corrected chi connectivity index (χ3v) is 11.2. The van der Waals surface area contributed by atoms with E-state index < -0.39 is 0 Å². The lowest BCUT2D eigenvalue weighted by atomic mass is 9.82. The number of rotatable bonds is 2. The summed E-state index contributed by atoms with van der Waals surface area (Å²) in [6.45, 7) is 10.4. The van der Waals surface area contributed by atoms with Crippen LogP contribution < -0.4 is 5.32 Å². The number of pyridine rings is 1. The van der Waals surface area contributed by atoms with Crippen LogP contribution in [0.15, 0.2) is 115 Å². The fourth-order valence-corrected chi connectivity index (χ4v) is 8.94. The molecule has 3 heterocycles. The van der Waals surface area contributed by atoms with Crippen LogP contribution in [-0.2, 0) is 10.8 Å². The molecule has 0 unspecified atom stereocenters. The second-order valence-electron chi connectivity index (χ2n) is 14.4. The van der Waals surface area contributed by atoms with Crippen molar-refractivity contribution in [2.75, 3.05) is 11.9 Å². The van der Waals surface area contributed by atoms with Gasteiger partial charge in [-0.2, -0.15) is 0 Å². The van der Waals surface area contributed by atoms with Crippen molar-refractivity contribution < 1.29 is 0 Å². The summed E-state index contributed by atoms with van der Waals surface area (Å²) in [4.78, 5) is 4.80. The predicted molar refractivity (Wildman–Crippen MR) is 197 cm³/mol. The second kappa shape index (κ2) is 9.11. The van der Waals surface area contributed by atoms with E-state index >= 15 is 0 Å². The summed E-state index contributed by atoms with van der Waals surface area (Å²) in [5.74, 6) is 0. The molecule has 226 valence electrons. The summed E-state index contributed by atoms with van der Waals surface area (Å²) in [6.07, 6.45) is 6.28. The van der Waals surface area contributed by atoms with Gasteiger partial charge in [0.15, 0.2) is 0 Å². The van der Waals surface area contributed by atoms with Crippen molar-refractivity contribution in [1.82, 2.24) is 9.55 Å². The van der Waals surface area contributed by atoms with Gasteiger partial charge in [-0.3, -0.25) is 4.98 Å². The van der Waals surface area contributed by atoms with Crippen molar-refractivity contribution in [1.29, 1.82) is 0 Å². The van der Waals surface area contributed by atoms with Gasteiger partial charge < -0.3 is 9.88 Å². The summed E-state index contributed by atoms with van der Waals surface area (Å²) in [5, 5.41) is 6.05. The van der Waals surface area contributed by atoms with E-state index in [1.807, 2.05) is 12.3 Å². The molecule has 1 N–H and O–H groups in total. The summed E-state index contributed by atoms with van der Waals surface area (Å²) in [7, 11) is 0. The van der Waals surface area contributed by atoms with Crippen LogP contribution in [0.1, 0.15) is 55.6 Å². The number of hydrogen-bond donors (Lipinski definition) is 1. The van der Waals surface area contributed by atoms with Crippen LogP contribution in [-0.4, -0.2) is 16.1 Å². The third kappa shape index (κ3) is 3.44. The van der Waals surface area contributed by atoms with E-state index in [9.17, 15) is 0 Å². The smallest absolute Gasteiger partial charge is 0.0945 e. The minimum absolute atomic E-state index is 0.0677. The monoisotopic (exact) mass is 605 g/mol. The van der Waals surface area contributed by atoms with Crippen LogP contribution >= 0.6 is 0 Å². The molecule has 3 aliphatic rings. The van der Waals surface area contributed by atoms with Crippen molar-refractivity contribution in [3.8, 4) is 39.1 Å². The number of benzene rings is 5. The quantitative estimate of drug-likeness (QED) is 0.212. The zero-order chi connectivity index (χ0) is 31.7. The Labute approximate surface area is 275 Å². The van der Waals surface area contributed by atoms with E-state index in [0.29, 0.717) is 0 Å². The molecular formula is C44H35N3. The summed E-state index contributed by atoms with van der Waals surface area (Å²) >= 11 is 0. The summed E-state index contributed by atoms with van der Waals surface area (Å²) in [5.41, 5.74) is 19.0. The van der Waals surface area contributed by atoms with Gasteiger partial charge in [0.25, 0.3) is 0 Å². The van der Waals surface area contributed by atoms with Crippen molar-refractivity contribution in [3.63, 3.8) is 0 Å². The van der Waals surface area contributed by atoms with E-state index in [0.717, 1.165) is 17.7 Å². The highest BCUT2D eigenvalue weighted by Gasteiger charge is 2.42. The van der Waals surface area contributed by atoms with Gasteiger partial charge in [-0.15, -0.1) is 0 Å². The molecule has 3 heteroatoms. The first-order valence-corrected chi connectivity index (χ1v) is 16.7. The number of anilines is 1. The Kier molecular flexibility index (Phi) is 5.19. The normalized spacial score (nSPS) is 16.0. The molecular weight excluding hydrogens is 571 g/mol. The van der Waals surface area contributed by atoms with Crippen molar-refractivity contribution in [2.45, 2.75) is 38.5 Å². The van der Waals surface area contributed by atoms with Crippen LogP contribution in [0, 0.1) is 0 Å². The second-order valence-corrected chi connectivity index (χ2v) is 14.4. The van der Waals surface area contributed by atoms with Crippen LogP contribution in [0.4, 0.5) is 5.69 Å². The largest absolute Gasteiger partial charge is 0.379 e. The maximum Gasteiger partial charge on any atom is 0.0945 e. The molecule has 0 saturated heterocycles. The Morgan fingerprint density at radius 2 is 1.40 bits per heavy atom. The standard InChI is InChI=1S/C44H35N3/c1-43(2)35-15-7-5-12-29(35)33-24-34-38(25-37(33)43)47(42-39(34)31-13-6-8-16-36(31)44(42,3)4)28-19-17-26(18-20-28)32-23-27-11-9-21-45-40(27)41-30(32)14-10-22-46-41/h5-20,22-25,45H,21H2,1-4H3. The third-order valence-electron chi connectivity index (χ3n) is 11.2. The molecule has 0 bridgehead atoms. The highest BCUT2D eigenvalue weighted by molar-refractivity contribution is 6.07. The molecule has 10 rings (SSSR count). The highest BCUT2D eigenvalue weighted by Crippen LogP contribution is 2.57. The Morgan fingerprint density at radius 1 is 0.660 bits per heavy atom. The molecule has 0 radical (unpaired) electrons. The number of fused-ring (bicyclic) bond motifs is 11.